The van der Waals surface area contributed by atoms with Gasteiger partial charge >= 0.3 is 0 Å². The molecule has 0 aliphatic carbocycles. The van der Waals surface area contributed by atoms with Crippen LogP contribution in [0.25, 0.3) is 0 Å². The van der Waals surface area contributed by atoms with Crippen LogP contribution in [0.15, 0.2) is 34.9 Å². The molecule has 2 rings (SSSR count). The van der Waals surface area contributed by atoms with Crippen molar-refractivity contribution >= 4 is 17.4 Å². The minimum Gasteiger partial charge on any atom is -0.469 e. The Morgan fingerprint density at radius 2 is 2.25 bits per heavy atom. The van der Waals surface area contributed by atoms with E-state index in [9.17, 15) is 14.4 Å². The standard InChI is InChI=1S/C15H11ClFNO2/c1-2-13-9(6-7-20-13)15(19)10(8-18)14-11(16)4-3-5-12(14)17/h3-7,10H,2H2,1H3. The second-order valence-electron chi connectivity index (χ2n) is 4.17. The second-order valence-corrected chi connectivity index (χ2v) is 4.58. The van der Waals surface area contributed by atoms with E-state index >= 15 is 0 Å². The number of hydrogen-bond donors (Lipinski definition) is 0. The smallest absolute Gasteiger partial charge is 0.188 e. The summed E-state index contributed by atoms with van der Waals surface area (Å²) < 4.78 is 19.0. The highest BCUT2D eigenvalue weighted by atomic mass is 35.5. The molecule has 3 nitrogen and oxygen atoms in total. The van der Waals surface area contributed by atoms with Gasteiger partial charge in [0.1, 0.15) is 17.5 Å². The lowest BCUT2D eigenvalue weighted by Crippen LogP contribution is -2.14. The molecule has 1 heterocycles. The zero-order chi connectivity index (χ0) is 14.7. The molecular formula is C15H11ClFNO2. The third kappa shape index (κ3) is 2.45. The number of halogens is 2. The fraction of sp³-hybridized carbons (Fsp3) is 0.200. The maximum absolute atomic E-state index is 13.9. The fourth-order valence-corrected chi connectivity index (χ4v) is 2.30. The Morgan fingerprint density at radius 1 is 1.50 bits per heavy atom. The summed E-state index contributed by atoms with van der Waals surface area (Å²) in [5.41, 5.74) is 0.197. The molecule has 1 unspecified atom stereocenters. The normalized spacial score (nSPS) is 11.9. The monoisotopic (exact) mass is 291 g/mol. The van der Waals surface area contributed by atoms with Gasteiger partial charge in [0.2, 0.25) is 0 Å². The molecule has 5 heteroatoms. The summed E-state index contributed by atoms with van der Waals surface area (Å²) in [5.74, 6) is -1.99. The Hall–Kier alpha value is -2.12. The summed E-state index contributed by atoms with van der Waals surface area (Å²) in [6, 6.07) is 7.36. The molecule has 0 aliphatic heterocycles. The lowest BCUT2D eigenvalue weighted by molar-refractivity contribution is 0.0975. The van der Waals surface area contributed by atoms with Gasteiger partial charge in [-0.25, -0.2) is 4.39 Å². The Kier molecular flexibility index (Phi) is 4.21. The highest BCUT2D eigenvalue weighted by molar-refractivity contribution is 6.31. The number of benzene rings is 1. The largest absolute Gasteiger partial charge is 0.469 e. The van der Waals surface area contributed by atoms with E-state index in [1.165, 1.54) is 30.5 Å². The maximum atomic E-state index is 13.9. The molecular weight excluding hydrogens is 281 g/mol. The Balaban J connectivity index is 2.49. The fourth-order valence-electron chi connectivity index (χ4n) is 2.03. The van der Waals surface area contributed by atoms with Gasteiger partial charge in [-0.15, -0.1) is 0 Å². The van der Waals surface area contributed by atoms with E-state index < -0.39 is 17.5 Å². The first-order valence-corrected chi connectivity index (χ1v) is 6.42. The Labute approximate surface area is 120 Å². The number of hydrogen-bond acceptors (Lipinski definition) is 3. The summed E-state index contributed by atoms with van der Waals surface area (Å²) >= 11 is 5.92. The molecule has 20 heavy (non-hydrogen) atoms. The van der Waals surface area contributed by atoms with Crippen LogP contribution in [0.5, 0.6) is 0 Å². The molecule has 0 radical (unpaired) electrons. The second kappa shape index (κ2) is 5.89. The third-order valence-corrected chi connectivity index (χ3v) is 3.34. The zero-order valence-corrected chi connectivity index (χ0v) is 11.4. The van der Waals surface area contributed by atoms with Crippen molar-refractivity contribution in [1.82, 2.24) is 0 Å². The highest BCUT2D eigenvalue weighted by Gasteiger charge is 2.29. The summed E-state index contributed by atoms with van der Waals surface area (Å²) in [7, 11) is 0. The molecule has 0 bridgehead atoms. The molecule has 0 saturated heterocycles. The third-order valence-electron chi connectivity index (χ3n) is 3.01. The van der Waals surface area contributed by atoms with Crippen LogP contribution in [0.2, 0.25) is 5.02 Å². The Bertz CT molecular complexity index is 667. The van der Waals surface area contributed by atoms with Gasteiger partial charge in [-0.3, -0.25) is 4.79 Å². The van der Waals surface area contributed by atoms with Crippen LogP contribution < -0.4 is 0 Å². The van der Waals surface area contributed by atoms with Crippen molar-refractivity contribution in [2.24, 2.45) is 0 Å². The SMILES string of the molecule is CCc1occc1C(=O)C(C#N)c1c(F)cccc1Cl. The molecule has 0 fully saturated rings. The van der Waals surface area contributed by atoms with Crippen LogP contribution in [0, 0.1) is 17.1 Å². The van der Waals surface area contributed by atoms with Crippen LogP contribution in [0.1, 0.15) is 34.5 Å². The molecule has 0 saturated carbocycles. The molecule has 102 valence electrons. The van der Waals surface area contributed by atoms with Gasteiger partial charge in [0.05, 0.1) is 17.9 Å². The van der Waals surface area contributed by atoms with E-state index in [0.717, 1.165) is 0 Å². The van der Waals surface area contributed by atoms with Crippen LogP contribution in [0.4, 0.5) is 4.39 Å². The molecule has 0 N–H and O–H groups in total. The van der Waals surface area contributed by atoms with E-state index in [1.807, 2.05) is 13.0 Å². The van der Waals surface area contributed by atoms with Crippen molar-refractivity contribution in [2.45, 2.75) is 19.3 Å². The number of nitriles is 1. The van der Waals surface area contributed by atoms with Gasteiger partial charge in [0, 0.05) is 17.0 Å². The first kappa shape index (κ1) is 14.3. The topological polar surface area (TPSA) is 54.0 Å². The first-order chi connectivity index (χ1) is 9.60. The Morgan fingerprint density at radius 3 is 2.85 bits per heavy atom. The quantitative estimate of drug-likeness (QED) is 0.796. The van der Waals surface area contributed by atoms with Crippen molar-refractivity contribution in [2.75, 3.05) is 0 Å². The van der Waals surface area contributed by atoms with E-state index in [2.05, 4.69) is 0 Å². The molecule has 1 aromatic carbocycles. The maximum Gasteiger partial charge on any atom is 0.188 e. The summed E-state index contributed by atoms with van der Waals surface area (Å²) in [6.45, 7) is 1.83. The number of rotatable bonds is 4. The number of carbonyl (C=O) groups excluding carboxylic acids is 1. The zero-order valence-electron chi connectivity index (χ0n) is 10.7. The minimum absolute atomic E-state index is 0.0615. The molecule has 0 spiro atoms. The number of nitrogens with zero attached hydrogens (tertiary/aromatic N) is 1. The van der Waals surface area contributed by atoms with Crippen LogP contribution in [-0.2, 0) is 6.42 Å². The van der Waals surface area contributed by atoms with Gasteiger partial charge in [0.25, 0.3) is 0 Å². The molecule has 0 amide bonds. The lowest BCUT2D eigenvalue weighted by atomic mass is 9.91. The summed E-state index contributed by atoms with van der Waals surface area (Å²) in [5, 5.41) is 9.30. The van der Waals surface area contributed by atoms with Crippen molar-refractivity contribution in [3.63, 3.8) is 0 Å². The highest BCUT2D eigenvalue weighted by Crippen LogP contribution is 2.30. The van der Waals surface area contributed by atoms with Crippen molar-refractivity contribution in [3.8, 4) is 6.07 Å². The number of furan rings is 1. The summed E-state index contributed by atoms with van der Waals surface area (Å²) in [6.07, 6.45) is 1.89. The van der Waals surface area contributed by atoms with Crippen LogP contribution in [0.3, 0.4) is 0 Å². The van der Waals surface area contributed by atoms with Crippen molar-refractivity contribution in [3.05, 3.63) is 58.3 Å². The summed E-state index contributed by atoms with van der Waals surface area (Å²) in [4.78, 5) is 12.4. The van der Waals surface area contributed by atoms with Gasteiger partial charge in [-0.05, 0) is 18.2 Å². The lowest BCUT2D eigenvalue weighted by Gasteiger charge is -2.11. The van der Waals surface area contributed by atoms with Gasteiger partial charge < -0.3 is 4.42 Å². The molecule has 0 aliphatic rings. The van der Waals surface area contributed by atoms with Gasteiger partial charge in [0.15, 0.2) is 5.78 Å². The number of ketones is 1. The van der Waals surface area contributed by atoms with Crippen molar-refractivity contribution < 1.29 is 13.6 Å². The number of carbonyl (C=O) groups is 1. The van der Waals surface area contributed by atoms with E-state index in [0.29, 0.717) is 17.7 Å². The van der Waals surface area contributed by atoms with E-state index in [4.69, 9.17) is 16.0 Å². The predicted molar refractivity (Wildman–Crippen MR) is 72.2 cm³/mol. The van der Waals surface area contributed by atoms with E-state index in [1.54, 1.807) is 0 Å². The number of Topliss-reactive ketones (excluding diaryl/α,β-unsaturated/α-hetero) is 1. The molecule has 1 aromatic heterocycles. The molecule has 1 atom stereocenters. The molecule has 2 aromatic rings. The van der Waals surface area contributed by atoms with Gasteiger partial charge in [-0.1, -0.05) is 24.6 Å². The van der Waals surface area contributed by atoms with Crippen LogP contribution >= 0.6 is 11.6 Å². The first-order valence-electron chi connectivity index (χ1n) is 6.04. The minimum atomic E-state index is -1.29. The van der Waals surface area contributed by atoms with Crippen molar-refractivity contribution in [1.29, 1.82) is 5.26 Å². The average molecular weight is 292 g/mol. The number of aryl methyl sites for hydroxylation is 1. The van der Waals surface area contributed by atoms with Crippen LogP contribution in [-0.4, -0.2) is 5.78 Å². The van der Waals surface area contributed by atoms with E-state index in [-0.39, 0.29) is 10.6 Å². The predicted octanol–water partition coefficient (Wildman–Crippen LogP) is 4.12. The average Bonchev–Trinajstić information content (AvgIpc) is 2.90. The van der Waals surface area contributed by atoms with Gasteiger partial charge in [-0.2, -0.15) is 5.26 Å².